The highest BCUT2D eigenvalue weighted by atomic mass is 35.5. The summed E-state index contributed by atoms with van der Waals surface area (Å²) in [6.07, 6.45) is 6.64. The number of nitrogen functional groups attached to an aromatic ring is 1. The number of hydrogen-bond acceptors (Lipinski definition) is 7. The monoisotopic (exact) mass is 426 g/mol. The second-order valence-electron chi connectivity index (χ2n) is 6.26. The van der Waals surface area contributed by atoms with E-state index in [0.717, 1.165) is 10.6 Å². The van der Waals surface area contributed by atoms with Crippen molar-refractivity contribution in [3.63, 3.8) is 0 Å². The molecule has 0 saturated heterocycles. The molecule has 29 heavy (non-hydrogen) atoms. The first-order chi connectivity index (χ1) is 13.9. The van der Waals surface area contributed by atoms with E-state index in [1.54, 1.807) is 18.2 Å². The van der Waals surface area contributed by atoms with Crippen LogP contribution in [0.3, 0.4) is 0 Å². The van der Waals surface area contributed by atoms with E-state index in [4.69, 9.17) is 22.1 Å². The molecule has 7 nitrogen and oxygen atoms in total. The van der Waals surface area contributed by atoms with Crippen LogP contribution in [-0.4, -0.2) is 27.5 Å². The number of nitrogens with zero attached hydrogens (tertiary/aromatic N) is 3. The summed E-state index contributed by atoms with van der Waals surface area (Å²) in [5, 5.41) is 5.93. The van der Waals surface area contributed by atoms with Crippen molar-refractivity contribution < 1.29 is 9.53 Å². The zero-order valence-electron chi connectivity index (χ0n) is 15.3. The molecule has 1 aliphatic carbocycles. The van der Waals surface area contributed by atoms with Gasteiger partial charge in [-0.2, -0.15) is 14.6 Å². The molecule has 0 amide bonds. The Hall–Kier alpha value is -3.23. The molecule has 0 fully saturated rings. The minimum absolute atomic E-state index is 0.184. The maximum atomic E-state index is 12.5. The summed E-state index contributed by atoms with van der Waals surface area (Å²) in [6, 6.07) is 7.46. The Morgan fingerprint density at radius 1 is 1.24 bits per heavy atom. The van der Waals surface area contributed by atoms with Crippen molar-refractivity contribution in [2.75, 3.05) is 12.8 Å². The molecule has 146 valence electrons. The van der Waals surface area contributed by atoms with Gasteiger partial charge in [-0.05, 0) is 41.5 Å². The number of carbonyl (C=O) groups excluding carboxylic acids is 1. The van der Waals surface area contributed by atoms with E-state index in [1.807, 2.05) is 24.3 Å². The van der Waals surface area contributed by atoms with E-state index in [-0.39, 0.29) is 22.9 Å². The number of ether oxygens (including phenoxy) is 1. The molecule has 1 aliphatic rings. The molecule has 4 rings (SSSR count). The summed E-state index contributed by atoms with van der Waals surface area (Å²) in [5.41, 5.74) is 7.59. The quantitative estimate of drug-likeness (QED) is 0.688. The first-order valence-electron chi connectivity index (χ1n) is 8.57. The van der Waals surface area contributed by atoms with Crippen LogP contribution in [0, 0.1) is 0 Å². The zero-order valence-corrected chi connectivity index (χ0v) is 16.8. The van der Waals surface area contributed by atoms with Crippen molar-refractivity contribution in [2.45, 2.75) is 6.42 Å². The minimum Gasteiger partial charge on any atom is -0.493 e. The number of benzene rings is 1. The Morgan fingerprint density at radius 3 is 2.72 bits per heavy atom. The number of fused-ring (bicyclic) bond motifs is 1. The Kier molecular flexibility index (Phi) is 5.04. The van der Waals surface area contributed by atoms with E-state index in [2.05, 4.69) is 10.1 Å². The van der Waals surface area contributed by atoms with Gasteiger partial charge >= 0.3 is 0 Å². The van der Waals surface area contributed by atoms with Gasteiger partial charge in [0.2, 0.25) is 10.7 Å². The van der Waals surface area contributed by atoms with Crippen LogP contribution >= 0.6 is 22.9 Å². The summed E-state index contributed by atoms with van der Waals surface area (Å²) in [4.78, 5) is 28.7. The zero-order chi connectivity index (χ0) is 20.5. The largest absolute Gasteiger partial charge is 0.493 e. The number of anilines is 1. The lowest BCUT2D eigenvalue weighted by Crippen LogP contribution is -2.17. The Labute approximate surface area is 174 Å². The summed E-state index contributed by atoms with van der Waals surface area (Å²) >= 11 is 7.22. The summed E-state index contributed by atoms with van der Waals surface area (Å²) in [6.45, 7) is 0. The second kappa shape index (κ2) is 7.65. The lowest BCUT2D eigenvalue weighted by molar-refractivity contribution is -0.114. The fourth-order valence-corrected chi connectivity index (χ4v) is 3.90. The number of halogens is 1. The Balaban J connectivity index is 1.73. The second-order valence-corrected chi connectivity index (χ2v) is 7.74. The number of methoxy groups -OCH3 is 1. The highest BCUT2D eigenvalue weighted by Gasteiger charge is 2.16. The van der Waals surface area contributed by atoms with Gasteiger partial charge in [-0.15, -0.1) is 0 Å². The fourth-order valence-electron chi connectivity index (χ4n) is 2.85. The fraction of sp³-hybridized carbons (Fsp3) is 0.100. The molecule has 0 radical (unpaired) electrons. The number of hydrogen-bond donors (Lipinski definition) is 1. The van der Waals surface area contributed by atoms with E-state index in [1.165, 1.54) is 29.0 Å². The molecule has 2 heterocycles. The van der Waals surface area contributed by atoms with Gasteiger partial charge in [0.1, 0.15) is 10.8 Å². The number of rotatable bonds is 4. The molecule has 2 N–H and O–H groups in total. The van der Waals surface area contributed by atoms with Crippen LogP contribution in [0.15, 0.2) is 58.6 Å². The normalized spacial score (nSPS) is 15.2. The van der Waals surface area contributed by atoms with Gasteiger partial charge in [0.05, 0.1) is 12.7 Å². The minimum atomic E-state index is -0.464. The van der Waals surface area contributed by atoms with Crippen LogP contribution in [0.2, 0.25) is 5.02 Å². The molecule has 0 unspecified atom stereocenters. The van der Waals surface area contributed by atoms with Crippen molar-refractivity contribution in [2.24, 2.45) is 0 Å². The molecule has 0 spiro atoms. The van der Waals surface area contributed by atoms with Crippen molar-refractivity contribution in [3.8, 4) is 0 Å². The maximum absolute atomic E-state index is 12.5. The van der Waals surface area contributed by atoms with Crippen molar-refractivity contribution in [1.29, 1.82) is 0 Å². The van der Waals surface area contributed by atoms with Crippen LogP contribution in [-0.2, 0) is 16.0 Å². The van der Waals surface area contributed by atoms with Gasteiger partial charge in [-0.1, -0.05) is 41.1 Å². The van der Waals surface area contributed by atoms with Crippen LogP contribution in [0.25, 0.3) is 11.0 Å². The van der Waals surface area contributed by atoms with E-state index in [0.29, 0.717) is 22.0 Å². The van der Waals surface area contributed by atoms with Crippen LogP contribution < -0.4 is 11.3 Å². The summed E-state index contributed by atoms with van der Waals surface area (Å²) in [5.74, 6) is 0.128. The average molecular weight is 427 g/mol. The van der Waals surface area contributed by atoms with Crippen molar-refractivity contribution >= 4 is 45.6 Å². The third kappa shape index (κ3) is 3.85. The van der Waals surface area contributed by atoms with Crippen LogP contribution in [0.4, 0.5) is 5.82 Å². The number of aromatic nitrogens is 3. The molecule has 0 bridgehead atoms. The summed E-state index contributed by atoms with van der Waals surface area (Å²) in [7, 11) is 1.41. The first-order valence-corrected chi connectivity index (χ1v) is 9.76. The Morgan fingerprint density at radius 2 is 2.00 bits per heavy atom. The Bertz CT molecular complexity index is 1270. The summed E-state index contributed by atoms with van der Waals surface area (Å²) < 4.78 is 6.50. The van der Waals surface area contributed by atoms with Gasteiger partial charge < -0.3 is 10.5 Å². The number of carbonyl (C=O) groups is 1. The molecule has 3 aromatic rings. The van der Waals surface area contributed by atoms with E-state index >= 15 is 0 Å². The first kappa shape index (κ1) is 19.1. The number of ketones is 1. The molecular formula is C20H15ClN4O3S. The van der Waals surface area contributed by atoms with Crippen LogP contribution in [0.1, 0.15) is 16.1 Å². The van der Waals surface area contributed by atoms with Crippen molar-refractivity contribution in [1.82, 2.24) is 14.6 Å². The van der Waals surface area contributed by atoms with E-state index in [9.17, 15) is 9.59 Å². The van der Waals surface area contributed by atoms with Gasteiger partial charge in [0, 0.05) is 11.4 Å². The van der Waals surface area contributed by atoms with Gasteiger partial charge in [-0.3, -0.25) is 9.59 Å². The molecule has 1 aromatic carbocycles. The lowest BCUT2D eigenvalue weighted by atomic mass is 10.0. The molecule has 0 aliphatic heterocycles. The maximum Gasteiger partial charge on any atom is 0.283 e. The topological polar surface area (TPSA) is 99.6 Å². The molecule has 9 heteroatoms. The lowest BCUT2D eigenvalue weighted by Gasteiger charge is -2.08. The molecule has 2 aromatic heterocycles. The molecular weight excluding hydrogens is 412 g/mol. The molecule has 0 atom stereocenters. The van der Waals surface area contributed by atoms with Crippen molar-refractivity contribution in [3.05, 3.63) is 85.3 Å². The van der Waals surface area contributed by atoms with Gasteiger partial charge in [-0.25, -0.2) is 0 Å². The highest BCUT2D eigenvalue weighted by molar-refractivity contribution is 7.16. The smallest absolute Gasteiger partial charge is 0.283 e. The van der Waals surface area contributed by atoms with E-state index < -0.39 is 5.56 Å². The predicted molar refractivity (Wildman–Crippen MR) is 113 cm³/mol. The third-order valence-corrected chi connectivity index (χ3v) is 5.46. The third-order valence-electron chi connectivity index (χ3n) is 4.30. The number of allylic oxidation sites excluding steroid dienone is 4. The van der Waals surface area contributed by atoms with Crippen LogP contribution in [0.5, 0.6) is 0 Å². The van der Waals surface area contributed by atoms with Gasteiger partial charge in [0.25, 0.3) is 5.56 Å². The highest BCUT2D eigenvalue weighted by Crippen LogP contribution is 2.22. The number of nitrogens with two attached hydrogens (primary N) is 1. The predicted octanol–water partition coefficient (Wildman–Crippen LogP) is 3.03. The average Bonchev–Trinajstić information content (AvgIpc) is 3.10. The standard InChI is InChI=1S/C20H15ClN4O3S/c1-28-16-9-12(4-7-15(16)26)8-14-18(22)25-20(23-19(14)27)29-17(24-25)10-11-2-5-13(21)6-3-11/h2-9H,10,22H2,1H3/b12-8-. The molecule has 0 saturated carbocycles. The van der Waals surface area contributed by atoms with Gasteiger partial charge in [0.15, 0.2) is 5.76 Å². The SMILES string of the molecule is COC1=C/C(=C\c2c(N)n3nc(Cc4ccc(Cl)cc4)sc3nc2=O)C=CC1=O.